The standard InChI is InChI=1S/C11H12N3O2/c1-16-7-8-2-4-9(5-3-8)10-6-12-11(13-10)14-15/h2-6,15H,7H2,1H3,(H,13,14). The molecule has 0 spiro atoms. The van der Waals surface area contributed by atoms with Crippen molar-refractivity contribution < 1.29 is 9.94 Å². The van der Waals surface area contributed by atoms with E-state index < -0.39 is 0 Å². The van der Waals surface area contributed by atoms with Crippen molar-refractivity contribution in [3.63, 3.8) is 0 Å². The Morgan fingerprint density at radius 1 is 1.31 bits per heavy atom. The molecule has 5 heteroatoms. The fourth-order valence-electron chi connectivity index (χ4n) is 1.43. The number of guanidine groups is 1. The van der Waals surface area contributed by atoms with Gasteiger partial charge in [-0.25, -0.2) is 15.8 Å². The molecule has 0 aliphatic carbocycles. The van der Waals surface area contributed by atoms with Crippen molar-refractivity contribution >= 4 is 11.7 Å². The molecule has 5 nitrogen and oxygen atoms in total. The summed E-state index contributed by atoms with van der Waals surface area (Å²) in [4.78, 5) is 4.07. The maximum absolute atomic E-state index is 8.62. The van der Waals surface area contributed by atoms with Crippen molar-refractivity contribution in [2.75, 3.05) is 7.11 Å². The van der Waals surface area contributed by atoms with E-state index >= 15 is 0 Å². The molecule has 2 N–H and O–H groups in total. The molecular formula is C11H12N3O2. The predicted octanol–water partition coefficient (Wildman–Crippen LogP) is 1.08. The van der Waals surface area contributed by atoms with Crippen LogP contribution in [0.25, 0.3) is 5.70 Å². The number of hydroxylamine groups is 1. The molecule has 1 heterocycles. The minimum Gasteiger partial charge on any atom is -0.380 e. The number of benzene rings is 1. The van der Waals surface area contributed by atoms with E-state index in [4.69, 9.17) is 9.94 Å². The highest BCUT2D eigenvalue weighted by Gasteiger charge is 2.10. The zero-order valence-electron chi connectivity index (χ0n) is 8.84. The lowest BCUT2D eigenvalue weighted by Gasteiger charge is -2.01. The van der Waals surface area contributed by atoms with Gasteiger partial charge in [0.25, 0.3) is 0 Å². The van der Waals surface area contributed by atoms with Gasteiger partial charge < -0.3 is 4.74 Å². The second-order valence-corrected chi connectivity index (χ2v) is 3.32. The Morgan fingerprint density at radius 2 is 2.06 bits per heavy atom. The fraction of sp³-hybridized carbons (Fsp3) is 0.182. The monoisotopic (exact) mass is 218 g/mol. The van der Waals surface area contributed by atoms with E-state index in [9.17, 15) is 0 Å². The molecule has 83 valence electrons. The third-order valence-corrected chi connectivity index (χ3v) is 2.20. The minimum absolute atomic E-state index is 0.205. The van der Waals surface area contributed by atoms with Gasteiger partial charge in [-0.2, -0.15) is 0 Å². The van der Waals surface area contributed by atoms with Crippen LogP contribution in [0.2, 0.25) is 0 Å². The fourth-order valence-corrected chi connectivity index (χ4v) is 1.43. The summed E-state index contributed by atoms with van der Waals surface area (Å²) in [6, 6.07) is 7.83. The van der Waals surface area contributed by atoms with Crippen molar-refractivity contribution in [2.45, 2.75) is 6.61 Å². The van der Waals surface area contributed by atoms with Gasteiger partial charge in [-0.15, -0.1) is 0 Å². The summed E-state index contributed by atoms with van der Waals surface area (Å²) >= 11 is 0. The van der Waals surface area contributed by atoms with E-state index in [1.54, 1.807) is 13.3 Å². The number of rotatable bonds is 3. The summed E-state index contributed by atoms with van der Waals surface area (Å²) in [5, 5.41) is 12.5. The van der Waals surface area contributed by atoms with Crippen molar-refractivity contribution in [1.29, 1.82) is 0 Å². The number of hydrogen-bond donors (Lipinski definition) is 2. The third-order valence-electron chi connectivity index (χ3n) is 2.20. The number of hydrogen-bond acceptors (Lipinski definition) is 4. The Balaban J connectivity index is 2.14. The van der Waals surface area contributed by atoms with Gasteiger partial charge in [0.1, 0.15) is 0 Å². The van der Waals surface area contributed by atoms with E-state index in [2.05, 4.69) is 10.3 Å². The lowest BCUT2D eigenvalue weighted by molar-refractivity contribution is 0.185. The first-order chi connectivity index (χ1) is 7.83. The Bertz CT molecular complexity index is 423. The lowest BCUT2D eigenvalue weighted by atomic mass is 10.1. The van der Waals surface area contributed by atoms with Crippen LogP contribution in [-0.4, -0.2) is 18.3 Å². The van der Waals surface area contributed by atoms with Crippen LogP contribution in [0.4, 0.5) is 0 Å². The Morgan fingerprint density at radius 3 is 2.62 bits per heavy atom. The van der Waals surface area contributed by atoms with Crippen molar-refractivity contribution in [3.05, 3.63) is 41.6 Å². The highest BCUT2D eigenvalue weighted by Crippen LogP contribution is 2.19. The minimum atomic E-state index is 0.205. The summed E-state index contributed by atoms with van der Waals surface area (Å²) in [7, 11) is 1.66. The molecule has 2 rings (SSSR count). The van der Waals surface area contributed by atoms with Gasteiger partial charge >= 0.3 is 0 Å². The SMILES string of the molecule is COCc1ccc(C2=C[N]C(NO)=N2)cc1. The molecule has 0 bridgehead atoms. The summed E-state index contributed by atoms with van der Waals surface area (Å²) in [6.45, 7) is 0.594. The molecule has 16 heavy (non-hydrogen) atoms. The molecular weight excluding hydrogens is 206 g/mol. The van der Waals surface area contributed by atoms with Crippen molar-refractivity contribution in [2.24, 2.45) is 4.99 Å². The number of ether oxygens (including phenoxy) is 1. The molecule has 0 saturated carbocycles. The third kappa shape index (κ3) is 2.21. The summed E-state index contributed by atoms with van der Waals surface area (Å²) in [5.41, 5.74) is 4.68. The van der Waals surface area contributed by atoms with Crippen LogP contribution in [0, 0.1) is 0 Å². The van der Waals surface area contributed by atoms with E-state index in [-0.39, 0.29) is 5.96 Å². The Kier molecular flexibility index (Phi) is 3.19. The summed E-state index contributed by atoms with van der Waals surface area (Å²) in [5.74, 6) is 0.205. The van der Waals surface area contributed by atoms with Crippen LogP contribution in [-0.2, 0) is 11.3 Å². The highest BCUT2D eigenvalue weighted by molar-refractivity contribution is 5.90. The van der Waals surface area contributed by atoms with Gasteiger partial charge in [0.05, 0.1) is 18.5 Å². The number of aliphatic imine (C=N–C) groups is 1. The van der Waals surface area contributed by atoms with Gasteiger partial charge in [0.15, 0.2) is 0 Å². The van der Waals surface area contributed by atoms with E-state index in [0.29, 0.717) is 6.61 Å². The Hall–Kier alpha value is -1.85. The number of nitrogens with one attached hydrogen (secondary N) is 1. The zero-order valence-corrected chi connectivity index (χ0v) is 8.84. The quantitative estimate of drug-likeness (QED) is 0.746. The predicted molar refractivity (Wildman–Crippen MR) is 59.6 cm³/mol. The molecule has 0 unspecified atom stereocenters. The van der Waals surface area contributed by atoms with Gasteiger partial charge in [-0.3, -0.25) is 5.21 Å². The average molecular weight is 218 g/mol. The van der Waals surface area contributed by atoms with Gasteiger partial charge in [-0.05, 0) is 5.56 Å². The molecule has 0 fully saturated rings. The van der Waals surface area contributed by atoms with E-state index in [1.807, 2.05) is 29.7 Å². The van der Waals surface area contributed by atoms with Crippen LogP contribution in [0.15, 0.2) is 35.5 Å². The first-order valence-electron chi connectivity index (χ1n) is 4.81. The second kappa shape index (κ2) is 4.78. The number of nitrogens with zero attached hydrogens (tertiary/aromatic N) is 2. The normalized spacial score (nSPS) is 14.1. The van der Waals surface area contributed by atoms with Crippen LogP contribution < -0.4 is 10.8 Å². The molecule has 1 aromatic carbocycles. The average Bonchev–Trinajstić information content (AvgIpc) is 2.79. The van der Waals surface area contributed by atoms with Gasteiger partial charge in [-0.1, -0.05) is 24.3 Å². The molecule has 0 atom stereocenters. The second-order valence-electron chi connectivity index (χ2n) is 3.32. The summed E-state index contributed by atoms with van der Waals surface area (Å²) < 4.78 is 5.02. The van der Waals surface area contributed by atoms with Crippen LogP contribution in [0.1, 0.15) is 11.1 Å². The van der Waals surface area contributed by atoms with Gasteiger partial charge in [0.2, 0.25) is 5.96 Å². The molecule has 0 saturated heterocycles. The molecule has 0 amide bonds. The molecule has 1 radical (unpaired) electrons. The van der Waals surface area contributed by atoms with E-state index in [0.717, 1.165) is 16.8 Å². The molecule has 1 aromatic rings. The molecule has 1 aliphatic rings. The maximum Gasteiger partial charge on any atom is 0.247 e. The van der Waals surface area contributed by atoms with Crippen LogP contribution >= 0.6 is 0 Å². The van der Waals surface area contributed by atoms with Crippen molar-refractivity contribution in [3.8, 4) is 0 Å². The van der Waals surface area contributed by atoms with Crippen molar-refractivity contribution in [1.82, 2.24) is 10.8 Å². The lowest BCUT2D eigenvalue weighted by Crippen LogP contribution is -2.23. The molecule has 0 aromatic heterocycles. The Labute approximate surface area is 93.4 Å². The molecule has 1 aliphatic heterocycles. The summed E-state index contributed by atoms with van der Waals surface area (Å²) in [6.07, 6.45) is 1.60. The smallest absolute Gasteiger partial charge is 0.247 e. The highest BCUT2D eigenvalue weighted by atomic mass is 16.5. The van der Waals surface area contributed by atoms with Crippen LogP contribution in [0.3, 0.4) is 0 Å². The first-order valence-corrected chi connectivity index (χ1v) is 4.81. The van der Waals surface area contributed by atoms with E-state index in [1.165, 1.54) is 0 Å². The number of methoxy groups -OCH3 is 1. The topological polar surface area (TPSA) is 68.0 Å². The largest absolute Gasteiger partial charge is 0.380 e. The van der Waals surface area contributed by atoms with Crippen LogP contribution in [0.5, 0.6) is 0 Å². The maximum atomic E-state index is 8.62. The zero-order chi connectivity index (χ0) is 11.4. The van der Waals surface area contributed by atoms with Gasteiger partial charge in [0, 0.05) is 12.7 Å². The first kappa shape index (κ1) is 10.7.